The minimum Gasteiger partial charge on any atom is -0.349 e. The summed E-state index contributed by atoms with van der Waals surface area (Å²) in [6, 6.07) is 12.2. The standard InChI is InChI=1S/C23H28ClFN2O3S/c1-3-17-7-9-18(10-8-17)16(2)26-23(28)19-11-13-27(14-12-19)31(29,30)15-20-21(24)5-4-6-22(20)25/h4-10,16,19H,3,11-15H2,1-2H3,(H,26,28). The van der Waals surface area contributed by atoms with Crippen LogP contribution >= 0.6 is 11.6 Å². The van der Waals surface area contributed by atoms with E-state index in [2.05, 4.69) is 24.4 Å². The number of nitrogens with one attached hydrogen (secondary N) is 1. The maximum absolute atomic E-state index is 14.0. The van der Waals surface area contributed by atoms with Crippen LogP contribution in [0.1, 0.15) is 49.4 Å². The molecule has 31 heavy (non-hydrogen) atoms. The summed E-state index contributed by atoms with van der Waals surface area (Å²) in [5.41, 5.74) is 2.26. The van der Waals surface area contributed by atoms with Crippen LogP contribution in [0.4, 0.5) is 4.39 Å². The number of sulfonamides is 1. The first-order valence-corrected chi connectivity index (χ1v) is 12.5. The van der Waals surface area contributed by atoms with Crippen molar-refractivity contribution in [3.8, 4) is 0 Å². The van der Waals surface area contributed by atoms with E-state index >= 15 is 0 Å². The summed E-state index contributed by atoms with van der Waals surface area (Å²) in [6.07, 6.45) is 1.82. The zero-order valence-corrected chi connectivity index (χ0v) is 19.3. The van der Waals surface area contributed by atoms with Gasteiger partial charge in [0, 0.05) is 29.6 Å². The summed E-state index contributed by atoms with van der Waals surface area (Å²) in [5.74, 6) is -1.44. The first kappa shape index (κ1) is 23.7. The van der Waals surface area contributed by atoms with E-state index < -0.39 is 21.6 Å². The second-order valence-corrected chi connectivity index (χ2v) is 10.3. The van der Waals surface area contributed by atoms with Crippen molar-refractivity contribution < 1.29 is 17.6 Å². The van der Waals surface area contributed by atoms with Gasteiger partial charge < -0.3 is 5.32 Å². The molecule has 0 spiro atoms. The third kappa shape index (κ3) is 5.84. The van der Waals surface area contributed by atoms with Gasteiger partial charge >= 0.3 is 0 Å². The highest BCUT2D eigenvalue weighted by Crippen LogP contribution is 2.26. The van der Waals surface area contributed by atoms with Crippen LogP contribution in [0, 0.1) is 11.7 Å². The zero-order valence-electron chi connectivity index (χ0n) is 17.8. The number of rotatable bonds is 7. The summed E-state index contributed by atoms with van der Waals surface area (Å²) in [6.45, 7) is 4.49. The van der Waals surface area contributed by atoms with Gasteiger partial charge in [-0.2, -0.15) is 0 Å². The Hall–Kier alpha value is -1.96. The Bertz CT molecular complexity index is 999. The van der Waals surface area contributed by atoms with Gasteiger partial charge in [-0.15, -0.1) is 0 Å². The van der Waals surface area contributed by atoms with Crippen molar-refractivity contribution in [2.24, 2.45) is 5.92 Å². The molecule has 1 atom stereocenters. The van der Waals surface area contributed by atoms with Crippen LogP contribution in [-0.2, 0) is 27.0 Å². The van der Waals surface area contributed by atoms with Gasteiger partial charge in [0.05, 0.1) is 11.8 Å². The van der Waals surface area contributed by atoms with Crippen LogP contribution in [0.15, 0.2) is 42.5 Å². The Morgan fingerprint density at radius 1 is 1.19 bits per heavy atom. The fourth-order valence-electron chi connectivity index (χ4n) is 3.80. The third-order valence-electron chi connectivity index (χ3n) is 5.85. The molecule has 1 heterocycles. The molecule has 0 bridgehead atoms. The van der Waals surface area contributed by atoms with Gasteiger partial charge in [0.1, 0.15) is 5.82 Å². The van der Waals surface area contributed by atoms with Gasteiger partial charge in [-0.05, 0) is 49.4 Å². The predicted octanol–water partition coefficient (Wildman–Crippen LogP) is 4.46. The van der Waals surface area contributed by atoms with Crippen molar-refractivity contribution in [1.82, 2.24) is 9.62 Å². The average Bonchev–Trinajstić information content (AvgIpc) is 2.76. The monoisotopic (exact) mass is 466 g/mol. The molecule has 5 nitrogen and oxygen atoms in total. The van der Waals surface area contributed by atoms with E-state index in [-0.39, 0.29) is 41.5 Å². The van der Waals surface area contributed by atoms with Crippen LogP contribution < -0.4 is 5.32 Å². The molecule has 1 saturated heterocycles. The summed E-state index contributed by atoms with van der Waals surface area (Å²) in [4.78, 5) is 12.7. The number of amides is 1. The predicted molar refractivity (Wildman–Crippen MR) is 121 cm³/mol. The highest BCUT2D eigenvalue weighted by molar-refractivity contribution is 7.88. The van der Waals surface area contributed by atoms with E-state index in [9.17, 15) is 17.6 Å². The van der Waals surface area contributed by atoms with Crippen molar-refractivity contribution in [2.45, 2.75) is 44.9 Å². The Labute approximate surface area is 188 Å². The van der Waals surface area contributed by atoms with Crippen molar-refractivity contribution in [2.75, 3.05) is 13.1 Å². The molecule has 1 aliphatic rings. The second-order valence-electron chi connectivity index (χ2n) is 7.96. The lowest BCUT2D eigenvalue weighted by Gasteiger charge is -2.31. The SMILES string of the molecule is CCc1ccc(C(C)NC(=O)C2CCN(S(=O)(=O)Cc3c(F)cccc3Cl)CC2)cc1. The maximum atomic E-state index is 14.0. The molecule has 1 aliphatic heterocycles. The lowest BCUT2D eigenvalue weighted by Crippen LogP contribution is -2.43. The average molecular weight is 467 g/mol. The molecule has 2 aromatic carbocycles. The lowest BCUT2D eigenvalue weighted by atomic mass is 9.96. The van der Waals surface area contributed by atoms with E-state index in [1.54, 1.807) is 0 Å². The largest absolute Gasteiger partial charge is 0.349 e. The topological polar surface area (TPSA) is 66.5 Å². The Morgan fingerprint density at radius 3 is 2.42 bits per heavy atom. The summed E-state index contributed by atoms with van der Waals surface area (Å²) in [7, 11) is -3.73. The highest BCUT2D eigenvalue weighted by atomic mass is 35.5. The first-order valence-electron chi connectivity index (χ1n) is 10.5. The Morgan fingerprint density at radius 2 is 1.84 bits per heavy atom. The van der Waals surface area contributed by atoms with E-state index in [1.807, 2.05) is 19.1 Å². The number of aryl methyl sites for hydroxylation is 1. The van der Waals surface area contributed by atoms with Crippen LogP contribution in [0.3, 0.4) is 0 Å². The molecule has 8 heteroatoms. The van der Waals surface area contributed by atoms with E-state index in [0.29, 0.717) is 12.8 Å². The summed E-state index contributed by atoms with van der Waals surface area (Å²) < 4.78 is 40.8. The zero-order chi connectivity index (χ0) is 22.6. The van der Waals surface area contributed by atoms with Gasteiger partial charge in [0.25, 0.3) is 0 Å². The van der Waals surface area contributed by atoms with Gasteiger partial charge in [-0.1, -0.05) is 48.9 Å². The number of carbonyl (C=O) groups excluding carboxylic acids is 1. The van der Waals surface area contributed by atoms with Gasteiger partial charge in [0.2, 0.25) is 15.9 Å². The number of benzene rings is 2. The lowest BCUT2D eigenvalue weighted by molar-refractivity contribution is -0.126. The smallest absolute Gasteiger partial charge is 0.223 e. The highest BCUT2D eigenvalue weighted by Gasteiger charge is 2.32. The normalized spacial score (nSPS) is 16.8. The van der Waals surface area contributed by atoms with Gasteiger partial charge in [-0.3, -0.25) is 4.79 Å². The minimum absolute atomic E-state index is 0.0213. The molecule has 168 valence electrons. The third-order valence-corrected chi connectivity index (χ3v) is 8.01. The number of nitrogens with zero attached hydrogens (tertiary/aromatic N) is 1. The minimum atomic E-state index is -3.73. The Balaban J connectivity index is 1.56. The maximum Gasteiger partial charge on any atom is 0.223 e. The van der Waals surface area contributed by atoms with E-state index in [1.165, 1.54) is 28.1 Å². The van der Waals surface area contributed by atoms with E-state index in [4.69, 9.17) is 11.6 Å². The number of hydrogen-bond acceptors (Lipinski definition) is 3. The molecule has 0 aromatic heterocycles. The van der Waals surface area contributed by atoms with E-state index in [0.717, 1.165) is 12.0 Å². The number of piperidine rings is 1. The quantitative estimate of drug-likeness (QED) is 0.655. The van der Waals surface area contributed by atoms with Gasteiger partial charge in [0.15, 0.2) is 0 Å². The molecule has 0 aliphatic carbocycles. The van der Waals surface area contributed by atoms with Crippen molar-refractivity contribution in [3.05, 3.63) is 70.0 Å². The molecule has 1 unspecified atom stereocenters. The fraction of sp³-hybridized carbons (Fsp3) is 0.435. The summed E-state index contributed by atoms with van der Waals surface area (Å²) in [5, 5.41) is 3.13. The molecule has 1 N–H and O–H groups in total. The second kappa shape index (κ2) is 10.1. The van der Waals surface area contributed by atoms with Crippen LogP contribution in [0.25, 0.3) is 0 Å². The molecule has 1 fully saturated rings. The first-order chi connectivity index (χ1) is 14.7. The molecule has 3 rings (SSSR count). The molecule has 0 radical (unpaired) electrons. The van der Waals surface area contributed by atoms with Crippen molar-refractivity contribution >= 4 is 27.5 Å². The molecule has 1 amide bonds. The number of hydrogen-bond donors (Lipinski definition) is 1. The molecule has 0 saturated carbocycles. The Kier molecular flexibility index (Phi) is 7.73. The van der Waals surface area contributed by atoms with Crippen molar-refractivity contribution in [3.63, 3.8) is 0 Å². The molecular formula is C23H28ClFN2O3S. The molecular weight excluding hydrogens is 439 g/mol. The van der Waals surface area contributed by atoms with Gasteiger partial charge in [-0.25, -0.2) is 17.1 Å². The number of carbonyl (C=O) groups is 1. The molecule has 2 aromatic rings. The fourth-order valence-corrected chi connectivity index (χ4v) is 5.71. The van der Waals surface area contributed by atoms with Crippen molar-refractivity contribution in [1.29, 1.82) is 0 Å². The van der Waals surface area contributed by atoms with Crippen LogP contribution in [0.2, 0.25) is 5.02 Å². The van der Waals surface area contributed by atoms with Crippen LogP contribution in [-0.4, -0.2) is 31.7 Å². The summed E-state index contributed by atoms with van der Waals surface area (Å²) >= 11 is 5.98. The number of halogens is 2. The van der Waals surface area contributed by atoms with Crippen LogP contribution in [0.5, 0.6) is 0 Å².